The maximum Gasteiger partial charge on any atom is 0.255 e. The highest BCUT2D eigenvalue weighted by Crippen LogP contribution is 2.22. The summed E-state index contributed by atoms with van der Waals surface area (Å²) in [7, 11) is -4.10. The van der Waals surface area contributed by atoms with Gasteiger partial charge in [-0.05, 0) is 24.3 Å². The number of carbonyl (C=O) groups excluding carboxylic acids is 1. The average Bonchev–Trinajstić information content (AvgIpc) is 2.61. The normalized spacial score (nSPS) is 15.9. The molecule has 6 nitrogen and oxygen atoms in total. The van der Waals surface area contributed by atoms with Crippen LogP contribution in [0, 0.1) is 11.6 Å². The Kier molecular flexibility index (Phi) is 5.22. The van der Waals surface area contributed by atoms with Crippen molar-refractivity contribution in [1.29, 1.82) is 0 Å². The SMILES string of the molecule is O=C(c1ccc(Cl)nc1)N1CCN(S(=O)(=O)c2ccc(F)cc2F)CC1. The maximum absolute atomic E-state index is 13.8. The van der Waals surface area contributed by atoms with Gasteiger partial charge in [0.05, 0.1) is 5.56 Å². The molecule has 0 N–H and O–H groups in total. The smallest absolute Gasteiger partial charge is 0.255 e. The van der Waals surface area contributed by atoms with Crippen LogP contribution in [0.1, 0.15) is 10.4 Å². The molecule has 0 unspecified atom stereocenters. The van der Waals surface area contributed by atoms with Crippen molar-refractivity contribution in [1.82, 2.24) is 14.2 Å². The van der Waals surface area contributed by atoms with E-state index in [1.165, 1.54) is 23.2 Å². The lowest BCUT2D eigenvalue weighted by molar-refractivity contribution is 0.0697. The summed E-state index contributed by atoms with van der Waals surface area (Å²) in [5.41, 5.74) is 0.343. The molecule has 1 aromatic carbocycles. The summed E-state index contributed by atoms with van der Waals surface area (Å²) in [6, 6.07) is 5.35. The molecule has 0 aliphatic carbocycles. The Labute approximate surface area is 154 Å². The van der Waals surface area contributed by atoms with Crippen molar-refractivity contribution in [2.24, 2.45) is 0 Å². The fourth-order valence-corrected chi connectivity index (χ4v) is 4.22. The van der Waals surface area contributed by atoms with Crippen LogP contribution in [0.2, 0.25) is 5.15 Å². The number of aromatic nitrogens is 1. The van der Waals surface area contributed by atoms with E-state index in [2.05, 4.69) is 4.98 Å². The van der Waals surface area contributed by atoms with Gasteiger partial charge >= 0.3 is 0 Å². The molecule has 2 aromatic rings. The minimum Gasteiger partial charge on any atom is -0.336 e. The van der Waals surface area contributed by atoms with E-state index in [0.717, 1.165) is 16.4 Å². The molecule has 1 saturated heterocycles. The molecule has 138 valence electrons. The Morgan fingerprint density at radius 2 is 1.77 bits per heavy atom. The van der Waals surface area contributed by atoms with E-state index in [4.69, 9.17) is 11.6 Å². The van der Waals surface area contributed by atoms with Gasteiger partial charge in [-0.25, -0.2) is 22.2 Å². The van der Waals surface area contributed by atoms with Crippen molar-refractivity contribution in [3.63, 3.8) is 0 Å². The van der Waals surface area contributed by atoms with Gasteiger partial charge in [-0.15, -0.1) is 0 Å². The number of amides is 1. The van der Waals surface area contributed by atoms with Crippen LogP contribution in [0.3, 0.4) is 0 Å². The lowest BCUT2D eigenvalue weighted by Crippen LogP contribution is -2.50. The molecule has 0 radical (unpaired) electrons. The fraction of sp³-hybridized carbons (Fsp3) is 0.250. The number of nitrogens with zero attached hydrogens (tertiary/aromatic N) is 3. The van der Waals surface area contributed by atoms with Gasteiger partial charge in [0.15, 0.2) is 0 Å². The van der Waals surface area contributed by atoms with E-state index in [0.29, 0.717) is 11.6 Å². The second-order valence-corrected chi connectivity index (χ2v) is 7.93. The number of hydrogen-bond donors (Lipinski definition) is 0. The number of carbonyl (C=O) groups is 1. The zero-order valence-corrected chi connectivity index (χ0v) is 15.0. The van der Waals surface area contributed by atoms with Crippen molar-refractivity contribution in [3.05, 3.63) is 58.9 Å². The van der Waals surface area contributed by atoms with Crippen molar-refractivity contribution < 1.29 is 22.0 Å². The van der Waals surface area contributed by atoms with Crippen molar-refractivity contribution in [2.45, 2.75) is 4.90 Å². The standard InChI is InChI=1S/C16H14ClF2N3O3S/c17-15-4-1-11(10-20-15)16(23)21-5-7-22(8-6-21)26(24,25)14-3-2-12(18)9-13(14)19/h1-4,9-10H,5-8H2. The second kappa shape index (κ2) is 7.26. The Morgan fingerprint density at radius 3 is 2.35 bits per heavy atom. The van der Waals surface area contributed by atoms with Crippen LogP contribution in [0.15, 0.2) is 41.4 Å². The van der Waals surface area contributed by atoms with Crippen LogP contribution in [-0.2, 0) is 10.0 Å². The zero-order valence-electron chi connectivity index (χ0n) is 13.4. The van der Waals surface area contributed by atoms with Crippen LogP contribution in [0.5, 0.6) is 0 Å². The Balaban J connectivity index is 1.71. The lowest BCUT2D eigenvalue weighted by atomic mass is 10.2. The van der Waals surface area contributed by atoms with Crippen molar-refractivity contribution >= 4 is 27.5 Å². The number of sulfonamides is 1. The quantitative estimate of drug-likeness (QED) is 0.739. The van der Waals surface area contributed by atoms with Gasteiger partial charge in [0, 0.05) is 38.4 Å². The molecule has 0 atom stereocenters. The first-order valence-corrected chi connectivity index (χ1v) is 9.47. The minimum atomic E-state index is -4.10. The predicted molar refractivity (Wildman–Crippen MR) is 90.3 cm³/mol. The number of halogens is 3. The Bertz CT molecular complexity index is 930. The molecule has 1 amide bonds. The highest BCUT2D eigenvalue weighted by atomic mass is 35.5. The summed E-state index contributed by atoms with van der Waals surface area (Å²) < 4.78 is 53.0. The molecule has 0 bridgehead atoms. The van der Waals surface area contributed by atoms with Gasteiger partial charge in [-0.3, -0.25) is 4.79 Å². The van der Waals surface area contributed by atoms with Crippen LogP contribution in [-0.4, -0.2) is 54.7 Å². The van der Waals surface area contributed by atoms with Gasteiger partial charge in [0.25, 0.3) is 5.91 Å². The molecule has 3 rings (SSSR count). The lowest BCUT2D eigenvalue weighted by Gasteiger charge is -2.34. The third-order valence-corrected chi connectivity index (χ3v) is 6.17. The number of pyridine rings is 1. The molecular weight excluding hydrogens is 388 g/mol. The molecule has 1 aliphatic heterocycles. The predicted octanol–water partition coefficient (Wildman–Crippen LogP) is 2.16. The van der Waals surface area contributed by atoms with E-state index >= 15 is 0 Å². The first kappa shape index (κ1) is 18.7. The van der Waals surface area contributed by atoms with Crippen LogP contribution < -0.4 is 0 Å². The highest BCUT2D eigenvalue weighted by Gasteiger charge is 2.32. The summed E-state index contributed by atoms with van der Waals surface area (Å²) in [6.45, 7) is 0.296. The molecule has 0 spiro atoms. The molecule has 1 aliphatic rings. The number of benzene rings is 1. The molecule has 10 heteroatoms. The molecule has 2 heterocycles. The minimum absolute atomic E-state index is 0.00586. The first-order chi connectivity index (χ1) is 12.3. The maximum atomic E-state index is 13.8. The van der Waals surface area contributed by atoms with E-state index in [-0.39, 0.29) is 37.2 Å². The second-order valence-electron chi connectivity index (χ2n) is 5.64. The van der Waals surface area contributed by atoms with Gasteiger partial charge in [0.2, 0.25) is 10.0 Å². The first-order valence-electron chi connectivity index (χ1n) is 7.65. The van der Waals surface area contributed by atoms with E-state index in [1.54, 1.807) is 0 Å². The van der Waals surface area contributed by atoms with Crippen LogP contribution in [0.4, 0.5) is 8.78 Å². The summed E-state index contributed by atoms with van der Waals surface area (Å²) in [5, 5.41) is 0.263. The summed E-state index contributed by atoms with van der Waals surface area (Å²) >= 11 is 5.69. The molecule has 26 heavy (non-hydrogen) atoms. The van der Waals surface area contributed by atoms with Gasteiger partial charge in [-0.2, -0.15) is 4.31 Å². The largest absolute Gasteiger partial charge is 0.336 e. The number of hydrogen-bond acceptors (Lipinski definition) is 4. The van der Waals surface area contributed by atoms with Crippen molar-refractivity contribution in [2.75, 3.05) is 26.2 Å². The van der Waals surface area contributed by atoms with Gasteiger partial charge < -0.3 is 4.90 Å². The molecule has 1 fully saturated rings. The Hall–Kier alpha value is -2.10. The average molecular weight is 402 g/mol. The van der Waals surface area contributed by atoms with E-state index in [1.807, 2.05) is 0 Å². The topological polar surface area (TPSA) is 70.6 Å². The van der Waals surface area contributed by atoms with Crippen LogP contribution in [0.25, 0.3) is 0 Å². The number of piperazine rings is 1. The molecule has 0 saturated carbocycles. The fourth-order valence-electron chi connectivity index (χ4n) is 2.64. The van der Waals surface area contributed by atoms with Crippen molar-refractivity contribution in [3.8, 4) is 0 Å². The third kappa shape index (κ3) is 3.69. The number of rotatable bonds is 3. The van der Waals surface area contributed by atoms with Gasteiger partial charge in [-0.1, -0.05) is 11.6 Å². The summed E-state index contributed by atoms with van der Waals surface area (Å²) in [5.74, 6) is -2.29. The zero-order chi connectivity index (χ0) is 18.9. The summed E-state index contributed by atoms with van der Waals surface area (Å²) in [4.78, 5) is 17.1. The van der Waals surface area contributed by atoms with Crippen LogP contribution >= 0.6 is 11.6 Å². The van der Waals surface area contributed by atoms with E-state index in [9.17, 15) is 22.0 Å². The molecular formula is C16H14ClF2N3O3S. The Morgan fingerprint density at radius 1 is 1.08 bits per heavy atom. The van der Waals surface area contributed by atoms with Gasteiger partial charge in [0.1, 0.15) is 21.7 Å². The highest BCUT2D eigenvalue weighted by molar-refractivity contribution is 7.89. The molecule has 1 aromatic heterocycles. The summed E-state index contributed by atoms with van der Waals surface area (Å²) in [6.07, 6.45) is 1.35. The van der Waals surface area contributed by atoms with E-state index < -0.39 is 26.6 Å². The third-order valence-electron chi connectivity index (χ3n) is 4.01. The monoisotopic (exact) mass is 401 g/mol.